The maximum atomic E-state index is 11.2. The standard InChI is InChI=1S/C10H14N2O2/c1-7(2)14-8-3-4-12-9(5-8)10(13)6-11/h3-5,7H,6,11H2,1-2H3. The quantitative estimate of drug-likeness (QED) is 0.726. The molecule has 1 aromatic rings. The highest BCUT2D eigenvalue weighted by atomic mass is 16.5. The van der Waals surface area contributed by atoms with E-state index in [2.05, 4.69) is 4.98 Å². The number of ether oxygens (including phenoxy) is 1. The molecule has 1 rings (SSSR count). The SMILES string of the molecule is CC(C)Oc1ccnc(C(=O)CN)c1. The van der Waals surface area contributed by atoms with E-state index in [4.69, 9.17) is 10.5 Å². The fourth-order valence-electron chi connectivity index (χ4n) is 1.01. The molecule has 0 bridgehead atoms. The number of hydrogen-bond donors (Lipinski definition) is 1. The van der Waals surface area contributed by atoms with E-state index in [0.717, 1.165) is 0 Å². The van der Waals surface area contributed by atoms with Crippen LogP contribution in [0.3, 0.4) is 0 Å². The van der Waals surface area contributed by atoms with E-state index in [1.54, 1.807) is 18.3 Å². The lowest BCUT2D eigenvalue weighted by Gasteiger charge is -2.09. The van der Waals surface area contributed by atoms with Gasteiger partial charge in [-0.3, -0.25) is 9.78 Å². The van der Waals surface area contributed by atoms with Crippen molar-refractivity contribution >= 4 is 5.78 Å². The van der Waals surface area contributed by atoms with Gasteiger partial charge in [0.2, 0.25) is 0 Å². The van der Waals surface area contributed by atoms with Crippen LogP contribution in [0.5, 0.6) is 5.75 Å². The molecule has 0 saturated heterocycles. The van der Waals surface area contributed by atoms with Crippen LogP contribution in [0.2, 0.25) is 0 Å². The molecule has 0 aliphatic carbocycles. The molecule has 4 heteroatoms. The van der Waals surface area contributed by atoms with Gasteiger partial charge in [0, 0.05) is 12.3 Å². The second-order valence-electron chi connectivity index (χ2n) is 3.17. The van der Waals surface area contributed by atoms with Gasteiger partial charge < -0.3 is 10.5 Å². The number of rotatable bonds is 4. The van der Waals surface area contributed by atoms with Gasteiger partial charge >= 0.3 is 0 Å². The highest BCUT2D eigenvalue weighted by Gasteiger charge is 2.06. The summed E-state index contributed by atoms with van der Waals surface area (Å²) in [7, 11) is 0. The molecule has 1 heterocycles. The van der Waals surface area contributed by atoms with E-state index in [1.807, 2.05) is 13.8 Å². The third-order valence-corrected chi connectivity index (χ3v) is 1.57. The first-order valence-corrected chi connectivity index (χ1v) is 4.49. The molecule has 76 valence electrons. The summed E-state index contributed by atoms with van der Waals surface area (Å²) in [5.41, 5.74) is 5.58. The Labute approximate surface area is 83.1 Å². The summed E-state index contributed by atoms with van der Waals surface area (Å²) in [5, 5.41) is 0. The van der Waals surface area contributed by atoms with Crippen LogP contribution in [-0.2, 0) is 0 Å². The maximum absolute atomic E-state index is 11.2. The van der Waals surface area contributed by atoms with Crippen molar-refractivity contribution in [1.82, 2.24) is 4.98 Å². The van der Waals surface area contributed by atoms with Crippen LogP contribution >= 0.6 is 0 Å². The first-order chi connectivity index (χ1) is 6.63. The van der Waals surface area contributed by atoms with Gasteiger partial charge in [-0.1, -0.05) is 0 Å². The fraction of sp³-hybridized carbons (Fsp3) is 0.400. The molecular weight excluding hydrogens is 180 g/mol. The van der Waals surface area contributed by atoms with Crippen LogP contribution in [0.15, 0.2) is 18.3 Å². The molecule has 1 aromatic heterocycles. The zero-order chi connectivity index (χ0) is 10.6. The lowest BCUT2D eigenvalue weighted by Crippen LogP contribution is -2.15. The fourth-order valence-corrected chi connectivity index (χ4v) is 1.01. The molecular formula is C10H14N2O2. The van der Waals surface area contributed by atoms with Crippen molar-refractivity contribution in [3.63, 3.8) is 0 Å². The smallest absolute Gasteiger partial charge is 0.194 e. The molecule has 0 unspecified atom stereocenters. The lowest BCUT2D eigenvalue weighted by atomic mass is 10.2. The molecule has 0 atom stereocenters. The highest BCUT2D eigenvalue weighted by Crippen LogP contribution is 2.12. The van der Waals surface area contributed by atoms with Crippen molar-refractivity contribution in [3.05, 3.63) is 24.0 Å². The van der Waals surface area contributed by atoms with Crippen LogP contribution in [0, 0.1) is 0 Å². The number of nitrogens with zero attached hydrogens (tertiary/aromatic N) is 1. The Balaban J connectivity index is 2.84. The molecule has 0 fully saturated rings. The van der Waals surface area contributed by atoms with Gasteiger partial charge in [-0.05, 0) is 19.9 Å². The first-order valence-electron chi connectivity index (χ1n) is 4.49. The Morgan fingerprint density at radius 1 is 1.64 bits per heavy atom. The average molecular weight is 194 g/mol. The largest absolute Gasteiger partial charge is 0.491 e. The predicted octanol–water partition coefficient (Wildman–Crippen LogP) is 1.01. The molecule has 0 aromatic carbocycles. The van der Waals surface area contributed by atoms with Gasteiger partial charge in [0.05, 0.1) is 12.6 Å². The second-order valence-corrected chi connectivity index (χ2v) is 3.17. The molecule has 0 radical (unpaired) electrons. The zero-order valence-electron chi connectivity index (χ0n) is 8.36. The van der Waals surface area contributed by atoms with Crippen molar-refractivity contribution < 1.29 is 9.53 Å². The summed E-state index contributed by atoms with van der Waals surface area (Å²) in [5.74, 6) is 0.464. The minimum Gasteiger partial charge on any atom is -0.491 e. The van der Waals surface area contributed by atoms with Gasteiger partial charge in [-0.2, -0.15) is 0 Å². The highest BCUT2D eigenvalue weighted by molar-refractivity contribution is 5.95. The van der Waals surface area contributed by atoms with E-state index in [0.29, 0.717) is 11.4 Å². The van der Waals surface area contributed by atoms with Crippen LogP contribution in [-0.4, -0.2) is 23.4 Å². The van der Waals surface area contributed by atoms with E-state index in [1.165, 1.54) is 0 Å². The number of hydrogen-bond acceptors (Lipinski definition) is 4. The Kier molecular flexibility index (Phi) is 3.59. The van der Waals surface area contributed by atoms with E-state index in [-0.39, 0.29) is 18.4 Å². The molecule has 0 saturated carbocycles. The monoisotopic (exact) mass is 194 g/mol. The normalized spacial score (nSPS) is 10.3. The molecule has 0 amide bonds. The van der Waals surface area contributed by atoms with Gasteiger partial charge in [0.1, 0.15) is 11.4 Å². The summed E-state index contributed by atoms with van der Waals surface area (Å²) < 4.78 is 5.42. The predicted molar refractivity (Wildman–Crippen MR) is 53.4 cm³/mol. The number of aromatic nitrogens is 1. The van der Waals surface area contributed by atoms with E-state index < -0.39 is 0 Å². The van der Waals surface area contributed by atoms with Crippen LogP contribution in [0.25, 0.3) is 0 Å². The summed E-state index contributed by atoms with van der Waals surface area (Å²) in [6, 6.07) is 3.32. The summed E-state index contributed by atoms with van der Waals surface area (Å²) >= 11 is 0. The van der Waals surface area contributed by atoms with E-state index in [9.17, 15) is 4.79 Å². The number of nitrogens with two attached hydrogens (primary N) is 1. The van der Waals surface area contributed by atoms with Crippen LogP contribution < -0.4 is 10.5 Å². The van der Waals surface area contributed by atoms with Crippen LogP contribution in [0.1, 0.15) is 24.3 Å². The molecule has 0 aliphatic rings. The maximum Gasteiger partial charge on any atom is 0.194 e. The van der Waals surface area contributed by atoms with Gasteiger partial charge in [-0.15, -0.1) is 0 Å². The summed E-state index contributed by atoms with van der Waals surface area (Å²) in [6.45, 7) is 3.81. The van der Waals surface area contributed by atoms with Crippen molar-refractivity contribution in [2.45, 2.75) is 20.0 Å². The Bertz CT molecular complexity index is 324. The van der Waals surface area contributed by atoms with Crippen LogP contribution in [0.4, 0.5) is 0 Å². The number of pyridine rings is 1. The third kappa shape index (κ3) is 2.81. The van der Waals surface area contributed by atoms with Gasteiger partial charge in [0.25, 0.3) is 0 Å². The Hall–Kier alpha value is -1.42. The van der Waals surface area contributed by atoms with Gasteiger partial charge in [0.15, 0.2) is 5.78 Å². The van der Waals surface area contributed by atoms with E-state index >= 15 is 0 Å². The first kappa shape index (κ1) is 10.7. The number of carbonyl (C=O) groups is 1. The molecule has 0 aliphatic heterocycles. The summed E-state index contributed by atoms with van der Waals surface area (Å²) in [6.07, 6.45) is 1.62. The lowest BCUT2D eigenvalue weighted by molar-refractivity contribution is 0.0996. The minimum atomic E-state index is -0.181. The topological polar surface area (TPSA) is 65.2 Å². The van der Waals surface area contributed by atoms with Crippen molar-refractivity contribution in [3.8, 4) is 5.75 Å². The number of carbonyl (C=O) groups excluding carboxylic acids is 1. The molecule has 2 N–H and O–H groups in total. The molecule has 14 heavy (non-hydrogen) atoms. The molecule has 4 nitrogen and oxygen atoms in total. The summed E-state index contributed by atoms with van der Waals surface area (Å²) in [4.78, 5) is 15.1. The third-order valence-electron chi connectivity index (χ3n) is 1.57. The average Bonchev–Trinajstić information content (AvgIpc) is 2.16. The van der Waals surface area contributed by atoms with Gasteiger partial charge in [-0.25, -0.2) is 0 Å². The van der Waals surface area contributed by atoms with Crippen molar-refractivity contribution in [2.24, 2.45) is 5.73 Å². The second kappa shape index (κ2) is 4.72. The van der Waals surface area contributed by atoms with Crippen molar-refractivity contribution in [2.75, 3.05) is 6.54 Å². The Morgan fingerprint density at radius 2 is 2.36 bits per heavy atom. The minimum absolute atomic E-state index is 0.0296. The Morgan fingerprint density at radius 3 is 2.93 bits per heavy atom. The van der Waals surface area contributed by atoms with Crippen molar-refractivity contribution in [1.29, 1.82) is 0 Å². The number of Topliss-reactive ketones (excluding diaryl/α,β-unsaturated/α-hetero) is 1. The number of ketones is 1. The molecule has 0 spiro atoms. The zero-order valence-corrected chi connectivity index (χ0v) is 8.36.